The zero-order valence-electron chi connectivity index (χ0n) is 25.9. The Morgan fingerprint density at radius 1 is 0.872 bits per heavy atom. The van der Waals surface area contributed by atoms with E-state index >= 15 is 0 Å². The monoisotopic (exact) mass is 677 g/mol. The molecule has 1 aliphatic heterocycles. The van der Waals surface area contributed by atoms with Crippen molar-refractivity contribution < 1.29 is 31.1 Å². The Labute approximate surface area is 274 Å². The second kappa shape index (κ2) is 15.0. The number of ether oxygens (including phenoxy) is 2. The first kappa shape index (κ1) is 33.9. The molecule has 4 aromatic rings. The second-order valence-corrected chi connectivity index (χ2v) is 14.6. The fourth-order valence-corrected chi connectivity index (χ4v) is 7.68. The first-order valence-corrected chi connectivity index (χ1v) is 17.6. The molecular formula is C33H35N5O7S2. The number of methoxy groups -OCH3 is 1. The van der Waals surface area contributed by atoms with Crippen molar-refractivity contribution in [3.05, 3.63) is 120 Å². The van der Waals surface area contributed by atoms with Gasteiger partial charge < -0.3 is 9.47 Å². The molecule has 1 aliphatic rings. The van der Waals surface area contributed by atoms with Crippen LogP contribution in [0.2, 0.25) is 0 Å². The third-order valence-corrected chi connectivity index (χ3v) is 11.3. The maximum atomic E-state index is 13.7. The highest BCUT2D eigenvalue weighted by atomic mass is 32.2. The van der Waals surface area contributed by atoms with Gasteiger partial charge >= 0.3 is 0 Å². The first-order chi connectivity index (χ1) is 22.6. The Kier molecular flexibility index (Phi) is 10.8. The third kappa shape index (κ3) is 8.28. The van der Waals surface area contributed by atoms with Crippen LogP contribution in [0.15, 0.2) is 112 Å². The van der Waals surface area contributed by atoms with Gasteiger partial charge in [-0.15, -0.1) is 0 Å². The summed E-state index contributed by atoms with van der Waals surface area (Å²) in [6, 6.07) is 22.7. The highest BCUT2D eigenvalue weighted by Crippen LogP contribution is 2.24. The molecule has 0 unspecified atom stereocenters. The van der Waals surface area contributed by atoms with Gasteiger partial charge in [-0.3, -0.25) is 9.78 Å². The fraction of sp³-hybridized carbons (Fsp3) is 0.242. The minimum atomic E-state index is -3.90. The van der Waals surface area contributed by atoms with E-state index in [0.717, 1.165) is 5.56 Å². The van der Waals surface area contributed by atoms with Crippen LogP contribution in [0.25, 0.3) is 0 Å². The molecule has 1 amide bonds. The maximum absolute atomic E-state index is 13.7. The standard InChI is InChI=1S/C33H35N5O7S2/c1-25(28-9-13-31(14-10-28)46(40,41)37-18-20-45-21-19-37)35-36-33(39)29-7-5-26(6-8-29)23-38(24-27-4-3-17-34-22-27)47(42,43)32-15-11-30(44-2)12-16-32/h3-17,22H,18-21,23-24H2,1-2H3,(H,36,39)/b35-25+. The van der Waals surface area contributed by atoms with Crippen molar-refractivity contribution in [2.24, 2.45) is 5.10 Å². The summed E-state index contributed by atoms with van der Waals surface area (Å²) in [5, 5.41) is 4.19. The van der Waals surface area contributed by atoms with Crippen molar-refractivity contribution in [2.75, 3.05) is 33.4 Å². The summed E-state index contributed by atoms with van der Waals surface area (Å²) < 4.78 is 66.3. The third-order valence-electron chi connectivity index (χ3n) is 7.56. The molecule has 0 radical (unpaired) electrons. The number of nitrogens with one attached hydrogen (secondary N) is 1. The average Bonchev–Trinajstić information content (AvgIpc) is 3.11. The summed E-state index contributed by atoms with van der Waals surface area (Å²) in [5.41, 5.74) is 5.39. The number of carbonyl (C=O) groups excluding carboxylic acids is 1. The van der Waals surface area contributed by atoms with Crippen LogP contribution in [0, 0.1) is 0 Å². The number of carbonyl (C=O) groups is 1. The second-order valence-electron chi connectivity index (χ2n) is 10.7. The SMILES string of the molecule is COc1ccc(S(=O)(=O)N(Cc2ccc(C(=O)N/N=C(\C)c3ccc(S(=O)(=O)N4CCOCC4)cc3)cc2)Cc2cccnc2)cc1. The molecule has 2 heterocycles. The summed E-state index contributed by atoms with van der Waals surface area (Å²) in [4.78, 5) is 17.3. The summed E-state index contributed by atoms with van der Waals surface area (Å²) in [6.07, 6.45) is 3.24. The lowest BCUT2D eigenvalue weighted by Crippen LogP contribution is -2.40. The van der Waals surface area contributed by atoms with Gasteiger partial charge in [0.15, 0.2) is 0 Å². The number of morpholine rings is 1. The molecule has 1 fully saturated rings. The zero-order valence-corrected chi connectivity index (χ0v) is 27.6. The molecular weight excluding hydrogens is 643 g/mol. The van der Waals surface area contributed by atoms with Crippen LogP contribution in [-0.2, 0) is 37.9 Å². The summed E-state index contributed by atoms with van der Waals surface area (Å²) >= 11 is 0. The molecule has 0 bridgehead atoms. The molecule has 0 spiro atoms. The lowest BCUT2D eigenvalue weighted by Gasteiger charge is -2.26. The number of amides is 1. The Balaban J connectivity index is 1.26. The fourth-order valence-electron chi connectivity index (χ4n) is 4.85. The Hall–Kier alpha value is -4.47. The van der Waals surface area contributed by atoms with E-state index in [1.165, 1.54) is 40.0 Å². The van der Waals surface area contributed by atoms with Gasteiger partial charge in [0.05, 0.1) is 35.8 Å². The number of benzene rings is 3. The van der Waals surface area contributed by atoms with E-state index in [1.807, 2.05) is 0 Å². The highest BCUT2D eigenvalue weighted by molar-refractivity contribution is 7.89. The molecule has 1 N–H and O–H groups in total. The quantitative estimate of drug-likeness (QED) is 0.177. The molecule has 14 heteroatoms. The van der Waals surface area contributed by atoms with Crippen LogP contribution < -0.4 is 10.2 Å². The molecule has 1 saturated heterocycles. The molecule has 0 aliphatic carbocycles. The van der Waals surface area contributed by atoms with Crippen molar-refractivity contribution in [3.63, 3.8) is 0 Å². The van der Waals surface area contributed by atoms with E-state index < -0.39 is 26.0 Å². The first-order valence-electron chi connectivity index (χ1n) is 14.7. The Morgan fingerprint density at radius 3 is 2.11 bits per heavy atom. The number of aromatic nitrogens is 1. The lowest BCUT2D eigenvalue weighted by molar-refractivity contribution is 0.0730. The number of hydrogen-bond donors (Lipinski definition) is 1. The number of pyridine rings is 1. The van der Waals surface area contributed by atoms with Gasteiger partial charge in [-0.25, -0.2) is 22.3 Å². The van der Waals surface area contributed by atoms with E-state index in [2.05, 4.69) is 15.5 Å². The Bertz CT molecular complexity index is 1910. The highest BCUT2D eigenvalue weighted by Gasteiger charge is 2.27. The van der Waals surface area contributed by atoms with Crippen LogP contribution in [0.4, 0.5) is 0 Å². The zero-order chi connectivity index (χ0) is 33.4. The smallest absolute Gasteiger partial charge is 0.271 e. The minimum Gasteiger partial charge on any atom is -0.497 e. The average molecular weight is 678 g/mol. The Morgan fingerprint density at radius 2 is 1.49 bits per heavy atom. The van der Waals surface area contributed by atoms with Gasteiger partial charge in [-0.2, -0.15) is 13.7 Å². The van der Waals surface area contributed by atoms with Gasteiger partial charge in [0.1, 0.15) is 5.75 Å². The molecule has 1 aromatic heterocycles. The molecule has 5 rings (SSSR count). The number of hydrazone groups is 1. The van der Waals surface area contributed by atoms with Gasteiger partial charge in [0.25, 0.3) is 5.91 Å². The molecule has 3 aromatic carbocycles. The van der Waals surface area contributed by atoms with E-state index in [0.29, 0.717) is 54.5 Å². The molecule has 12 nitrogen and oxygen atoms in total. The van der Waals surface area contributed by atoms with E-state index in [1.54, 1.807) is 80.0 Å². The number of rotatable bonds is 12. The van der Waals surface area contributed by atoms with E-state index in [4.69, 9.17) is 9.47 Å². The van der Waals surface area contributed by atoms with Crippen LogP contribution in [0.3, 0.4) is 0 Å². The van der Waals surface area contributed by atoms with Crippen LogP contribution in [-0.4, -0.2) is 75.5 Å². The van der Waals surface area contributed by atoms with E-state index in [9.17, 15) is 21.6 Å². The number of nitrogens with zero attached hydrogens (tertiary/aromatic N) is 4. The maximum Gasteiger partial charge on any atom is 0.271 e. The largest absolute Gasteiger partial charge is 0.497 e. The predicted octanol–water partition coefficient (Wildman–Crippen LogP) is 3.66. The van der Waals surface area contributed by atoms with Gasteiger partial charge in [0, 0.05) is 44.1 Å². The van der Waals surface area contributed by atoms with Gasteiger partial charge in [-0.1, -0.05) is 30.3 Å². The van der Waals surface area contributed by atoms with Crippen molar-refractivity contribution in [2.45, 2.75) is 29.8 Å². The number of hydrogen-bond acceptors (Lipinski definition) is 9. The summed E-state index contributed by atoms with van der Waals surface area (Å²) in [6.45, 7) is 3.20. The topological polar surface area (TPSA) is 148 Å². The van der Waals surface area contributed by atoms with Crippen LogP contribution in [0.1, 0.15) is 34.0 Å². The lowest BCUT2D eigenvalue weighted by atomic mass is 10.1. The van der Waals surface area contributed by atoms with Gasteiger partial charge in [-0.05, 0) is 78.2 Å². The van der Waals surface area contributed by atoms with Crippen molar-refractivity contribution in [1.29, 1.82) is 0 Å². The van der Waals surface area contributed by atoms with Crippen molar-refractivity contribution in [3.8, 4) is 5.75 Å². The van der Waals surface area contributed by atoms with Crippen molar-refractivity contribution in [1.82, 2.24) is 19.0 Å². The van der Waals surface area contributed by atoms with Crippen molar-refractivity contribution >= 4 is 31.7 Å². The summed E-state index contributed by atoms with van der Waals surface area (Å²) in [5.74, 6) is 0.0875. The van der Waals surface area contributed by atoms with Crippen LogP contribution >= 0.6 is 0 Å². The van der Waals surface area contributed by atoms with Gasteiger partial charge in [0.2, 0.25) is 20.0 Å². The molecule has 246 valence electrons. The molecule has 47 heavy (non-hydrogen) atoms. The van der Waals surface area contributed by atoms with Crippen LogP contribution in [0.5, 0.6) is 5.75 Å². The number of sulfonamides is 2. The molecule has 0 atom stereocenters. The molecule has 0 saturated carbocycles. The predicted molar refractivity (Wildman–Crippen MR) is 176 cm³/mol. The minimum absolute atomic E-state index is 0.0552. The normalized spacial score (nSPS) is 14.6. The van der Waals surface area contributed by atoms with E-state index in [-0.39, 0.29) is 22.9 Å². The summed E-state index contributed by atoms with van der Waals surface area (Å²) in [7, 11) is -6.00.